The maximum absolute atomic E-state index is 4.48. The lowest BCUT2D eigenvalue weighted by molar-refractivity contribution is 0.853. The summed E-state index contributed by atoms with van der Waals surface area (Å²) in [6, 6.07) is 16.8. The Labute approximate surface area is 148 Å². The minimum Gasteiger partial charge on any atom is -0.369 e. The zero-order valence-corrected chi connectivity index (χ0v) is 14.7. The molecule has 3 aromatic rings. The summed E-state index contributed by atoms with van der Waals surface area (Å²) in [5.74, 6) is 1.23. The third-order valence-corrected chi connectivity index (χ3v) is 3.83. The van der Waals surface area contributed by atoms with Crippen LogP contribution in [0, 0.1) is 13.8 Å². The quantitative estimate of drug-likeness (QED) is 0.632. The second-order valence-corrected chi connectivity index (χ2v) is 6.18. The summed E-state index contributed by atoms with van der Waals surface area (Å²) in [5, 5.41) is 14.6. The molecule has 0 aliphatic rings. The van der Waals surface area contributed by atoms with Crippen LogP contribution in [0.4, 0.5) is 17.5 Å². The van der Waals surface area contributed by atoms with Gasteiger partial charge < -0.3 is 10.6 Å². The average Bonchev–Trinajstić information content (AvgIpc) is 2.59. The number of anilines is 3. The molecule has 2 N–H and O–H groups in total. The molecule has 3 rings (SSSR count). The Morgan fingerprint density at radius 1 is 0.960 bits per heavy atom. The van der Waals surface area contributed by atoms with Crippen molar-refractivity contribution in [3.05, 3.63) is 71.4 Å². The molecule has 0 aliphatic heterocycles. The molecule has 0 atom stereocenters. The summed E-state index contributed by atoms with van der Waals surface area (Å²) in [6.45, 7) is 4.99. The predicted octanol–water partition coefficient (Wildman–Crippen LogP) is 4.28. The van der Waals surface area contributed by atoms with Crippen molar-refractivity contribution in [1.82, 2.24) is 15.2 Å². The largest absolute Gasteiger partial charge is 0.369 e. The summed E-state index contributed by atoms with van der Waals surface area (Å²) < 4.78 is 0. The Morgan fingerprint density at radius 3 is 2.48 bits per heavy atom. The van der Waals surface area contributed by atoms with E-state index in [0.29, 0.717) is 5.95 Å². The molecule has 1 aromatic heterocycles. The van der Waals surface area contributed by atoms with Crippen LogP contribution in [0.1, 0.15) is 23.1 Å². The van der Waals surface area contributed by atoms with Gasteiger partial charge >= 0.3 is 0 Å². The Morgan fingerprint density at radius 2 is 1.72 bits per heavy atom. The number of nitrogens with zero attached hydrogens (tertiary/aromatic N) is 3. The van der Waals surface area contributed by atoms with E-state index < -0.39 is 0 Å². The van der Waals surface area contributed by atoms with Crippen LogP contribution in [0.5, 0.6) is 0 Å². The molecule has 128 valence electrons. The molecule has 2 aromatic carbocycles. The van der Waals surface area contributed by atoms with Crippen LogP contribution in [-0.4, -0.2) is 21.7 Å². The second kappa shape index (κ2) is 8.24. The maximum atomic E-state index is 4.48. The van der Waals surface area contributed by atoms with Gasteiger partial charge in [0.15, 0.2) is 5.82 Å². The Kier molecular flexibility index (Phi) is 5.57. The molecule has 5 nitrogen and oxygen atoms in total. The first kappa shape index (κ1) is 16.9. The molecule has 0 amide bonds. The van der Waals surface area contributed by atoms with Crippen molar-refractivity contribution < 1.29 is 0 Å². The van der Waals surface area contributed by atoms with E-state index in [1.165, 1.54) is 16.7 Å². The summed E-state index contributed by atoms with van der Waals surface area (Å²) >= 11 is 0. The van der Waals surface area contributed by atoms with Crippen molar-refractivity contribution >= 4 is 17.5 Å². The van der Waals surface area contributed by atoms with Crippen molar-refractivity contribution in [1.29, 1.82) is 0 Å². The van der Waals surface area contributed by atoms with Gasteiger partial charge in [-0.25, -0.2) is 0 Å². The van der Waals surface area contributed by atoms with E-state index in [-0.39, 0.29) is 0 Å². The van der Waals surface area contributed by atoms with E-state index in [9.17, 15) is 0 Å². The number of hydrogen-bond donors (Lipinski definition) is 2. The second-order valence-electron chi connectivity index (χ2n) is 6.18. The number of nitrogens with one attached hydrogen (secondary N) is 2. The van der Waals surface area contributed by atoms with Gasteiger partial charge in [-0.2, -0.15) is 10.1 Å². The van der Waals surface area contributed by atoms with E-state index in [1.807, 2.05) is 6.07 Å². The Bertz CT molecular complexity index is 797. The van der Waals surface area contributed by atoms with Crippen LogP contribution in [0.25, 0.3) is 0 Å². The number of benzene rings is 2. The van der Waals surface area contributed by atoms with Crippen LogP contribution < -0.4 is 10.6 Å². The zero-order valence-electron chi connectivity index (χ0n) is 14.7. The highest BCUT2D eigenvalue weighted by atomic mass is 15.3. The highest BCUT2D eigenvalue weighted by Crippen LogP contribution is 2.17. The first-order chi connectivity index (χ1) is 12.2. The molecule has 25 heavy (non-hydrogen) atoms. The van der Waals surface area contributed by atoms with Gasteiger partial charge in [-0.1, -0.05) is 36.4 Å². The minimum absolute atomic E-state index is 0.498. The summed E-state index contributed by atoms with van der Waals surface area (Å²) in [4.78, 5) is 4.48. The number of rotatable bonds is 7. The van der Waals surface area contributed by atoms with Crippen molar-refractivity contribution in [2.45, 2.75) is 26.7 Å². The summed E-state index contributed by atoms with van der Waals surface area (Å²) in [5.41, 5.74) is 4.72. The molecular formula is C20H23N5. The Balaban J connectivity index is 1.54. The molecule has 0 spiro atoms. The first-order valence-electron chi connectivity index (χ1n) is 8.52. The lowest BCUT2D eigenvalue weighted by atomic mass is 10.1. The van der Waals surface area contributed by atoms with Gasteiger partial charge in [-0.3, -0.25) is 0 Å². The van der Waals surface area contributed by atoms with Gasteiger partial charge in [0.05, 0.1) is 6.20 Å². The van der Waals surface area contributed by atoms with Gasteiger partial charge in [-0.15, -0.1) is 5.10 Å². The van der Waals surface area contributed by atoms with Crippen molar-refractivity contribution in [2.75, 3.05) is 17.2 Å². The third kappa shape index (κ3) is 5.28. The van der Waals surface area contributed by atoms with E-state index in [4.69, 9.17) is 0 Å². The van der Waals surface area contributed by atoms with Crippen LogP contribution in [0.3, 0.4) is 0 Å². The summed E-state index contributed by atoms with van der Waals surface area (Å²) in [7, 11) is 0. The predicted molar refractivity (Wildman–Crippen MR) is 102 cm³/mol. The normalized spacial score (nSPS) is 10.5. The average molecular weight is 333 g/mol. The van der Waals surface area contributed by atoms with Crippen molar-refractivity contribution in [2.24, 2.45) is 0 Å². The number of aromatic nitrogens is 3. The number of hydrogen-bond acceptors (Lipinski definition) is 5. The monoisotopic (exact) mass is 333 g/mol. The van der Waals surface area contributed by atoms with Gasteiger partial charge in [0.1, 0.15) is 0 Å². The fourth-order valence-corrected chi connectivity index (χ4v) is 2.77. The molecule has 0 unspecified atom stereocenters. The molecule has 0 aliphatic carbocycles. The van der Waals surface area contributed by atoms with E-state index in [0.717, 1.165) is 30.9 Å². The summed E-state index contributed by atoms with van der Waals surface area (Å²) in [6.07, 6.45) is 3.73. The van der Waals surface area contributed by atoms with Crippen LogP contribution in [0.2, 0.25) is 0 Å². The highest BCUT2D eigenvalue weighted by Gasteiger charge is 2.02. The SMILES string of the molecule is Cc1cc(C)cc(Nc2nncc(NCCCc3ccccc3)n2)c1. The molecule has 0 fully saturated rings. The highest BCUT2D eigenvalue weighted by molar-refractivity contribution is 5.56. The van der Waals surface area contributed by atoms with Gasteiger partial charge in [0.25, 0.3) is 0 Å². The smallest absolute Gasteiger partial charge is 0.249 e. The van der Waals surface area contributed by atoms with Gasteiger partial charge in [0.2, 0.25) is 5.95 Å². The van der Waals surface area contributed by atoms with Crippen LogP contribution in [0.15, 0.2) is 54.7 Å². The molecule has 0 radical (unpaired) electrons. The van der Waals surface area contributed by atoms with Crippen LogP contribution >= 0.6 is 0 Å². The molecule has 5 heteroatoms. The fraction of sp³-hybridized carbons (Fsp3) is 0.250. The van der Waals surface area contributed by atoms with E-state index in [2.05, 4.69) is 82.1 Å². The first-order valence-corrected chi connectivity index (χ1v) is 8.52. The van der Waals surface area contributed by atoms with Crippen molar-refractivity contribution in [3.8, 4) is 0 Å². The molecule has 1 heterocycles. The van der Waals surface area contributed by atoms with E-state index in [1.54, 1.807) is 6.20 Å². The maximum Gasteiger partial charge on any atom is 0.249 e. The van der Waals surface area contributed by atoms with E-state index >= 15 is 0 Å². The third-order valence-electron chi connectivity index (χ3n) is 3.83. The topological polar surface area (TPSA) is 62.7 Å². The minimum atomic E-state index is 0.498. The molecular weight excluding hydrogens is 310 g/mol. The standard InChI is InChI=1S/C20H23N5/c1-15-11-16(2)13-18(12-15)23-20-24-19(14-22-25-20)21-10-6-9-17-7-4-3-5-8-17/h3-5,7-8,11-14H,6,9-10H2,1-2H3,(H2,21,23,24,25). The lowest BCUT2D eigenvalue weighted by Crippen LogP contribution is -2.07. The zero-order chi connectivity index (χ0) is 17.5. The Hall–Kier alpha value is -2.95. The van der Waals surface area contributed by atoms with Gasteiger partial charge in [0, 0.05) is 12.2 Å². The molecule has 0 bridgehead atoms. The molecule has 0 saturated heterocycles. The lowest BCUT2D eigenvalue weighted by Gasteiger charge is -2.09. The van der Waals surface area contributed by atoms with Gasteiger partial charge in [-0.05, 0) is 55.5 Å². The fourth-order valence-electron chi connectivity index (χ4n) is 2.77. The molecule has 0 saturated carbocycles. The van der Waals surface area contributed by atoms with Crippen molar-refractivity contribution in [3.63, 3.8) is 0 Å². The van der Waals surface area contributed by atoms with Crippen LogP contribution in [-0.2, 0) is 6.42 Å². The number of aryl methyl sites for hydroxylation is 3.